The maximum Gasteiger partial charge on any atom is 0.160 e. The molecule has 0 radical (unpaired) electrons. The first-order chi connectivity index (χ1) is 3.70. The van der Waals surface area contributed by atoms with E-state index < -0.39 is 0 Å². The molecule has 8 heavy (non-hydrogen) atoms. The van der Waals surface area contributed by atoms with E-state index >= 15 is 0 Å². The third kappa shape index (κ3) is 1.26. The Bertz CT molecular complexity index is 106. The third-order valence-electron chi connectivity index (χ3n) is 0.633. The SMILES string of the molecule is ON1SC(=S)NC1S. The van der Waals surface area contributed by atoms with Gasteiger partial charge in [0.25, 0.3) is 0 Å². The van der Waals surface area contributed by atoms with Crippen molar-refractivity contribution in [2.45, 2.75) is 5.50 Å². The number of nitrogens with zero attached hydrogens (tertiary/aromatic N) is 1. The van der Waals surface area contributed by atoms with Gasteiger partial charge in [-0.05, 0) is 0 Å². The molecule has 1 aliphatic heterocycles. The predicted molar refractivity (Wildman–Crippen MR) is 39.7 cm³/mol. The van der Waals surface area contributed by atoms with Crippen molar-refractivity contribution in [1.82, 2.24) is 9.79 Å². The summed E-state index contributed by atoms with van der Waals surface area (Å²) in [5.41, 5.74) is -0.354. The number of hydrogen-bond acceptors (Lipinski definition) is 5. The van der Waals surface area contributed by atoms with Crippen LogP contribution in [0.5, 0.6) is 0 Å². The summed E-state index contributed by atoms with van der Waals surface area (Å²) in [5.74, 6) is 0. The first-order valence-electron chi connectivity index (χ1n) is 1.85. The standard InChI is InChI=1S/C2H4N2OS3/c5-4-1(6)3-2(7)8-4/h1,5-6H,(H,3,7). The van der Waals surface area contributed by atoms with Crippen LogP contribution in [0.2, 0.25) is 0 Å². The van der Waals surface area contributed by atoms with Crippen LogP contribution in [0.1, 0.15) is 0 Å². The highest BCUT2D eigenvalue weighted by Gasteiger charge is 2.23. The average molecular weight is 168 g/mol. The Morgan fingerprint density at radius 1 is 2.00 bits per heavy atom. The van der Waals surface area contributed by atoms with Crippen LogP contribution in [-0.2, 0) is 0 Å². The summed E-state index contributed by atoms with van der Waals surface area (Å²) in [7, 11) is 0. The number of hydrogen-bond donors (Lipinski definition) is 3. The molecule has 3 nitrogen and oxygen atoms in total. The summed E-state index contributed by atoms with van der Waals surface area (Å²) in [6.45, 7) is 0. The Labute approximate surface area is 61.9 Å². The minimum Gasteiger partial charge on any atom is -0.343 e. The second-order valence-corrected chi connectivity index (χ2v) is 3.32. The van der Waals surface area contributed by atoms with Gasteiger partial charge in [-0.2, -0.15) is 0 Å². The molecule has 0 aliphatic carbocycles. The van der Waals surface area contributed by atoms with Crippen molar-refractivity contribution in [2.75, 3.05) is 0 Å². The van der Waals surface area contributed by atoms with E-state index in [4.69, 9.17) is 5.21 Å². The molecule has 1 heterocycles. The maximum absolute atomic E-state index is 8.74. The van der Waals surface area contributed by atoms with Crippen LogP contribution in [0.4, 0.5) is 0 Å². The van der Waals surface area contributed by atoms with Crippen LogP contribution in [0.15, 0.2) is 0 Å². The molecule has 0 bridgehead atoms. The molecule has 1 atom stereocenters. The number of rotatable bonds is 0. The highest BCUT2D eigenvalue weighted by molar-refractivity contribution is 8.22. The molecule has 1 rings (SSSR count). The van der Waals surface area contributed by atoms with E-state index in [1.807, 2.05) is 0 Å². The maximum atomic E-state index is 8.74. The summed E-state index contributed by atoms with van der Waals surface area (Å²) in [6, 6.07) is 0. The fourth-order valence-corrected chi connectivity index (χ4v) is 1.59. The highest BCUT2D eigenvalue weighted by Crippen LogP contribution is 2.20. The van der Waals surface area contributed by atoms with Crippen molar-refractivity contribution in [3.8, 4) is 0 Å². The molecule has 2 N–H and O–H groups in total. The average Bonchev–Trinajstić information content (AvgIpc) is 1.85. The van der Waals surface area contributed by atoms with E-state index in [1.165, 1.54) is 0 Å². The smallest absolute Gasteiger partial charge is 0.160 e. The van der Waals surface area contributed by atoms with Gasteiger partial charge >= 0.3 is 0 Å². The molecule has 0 aromatic carbocycles. The lowest BCUT2D eigenvalue weighted by Gasteiger charge is -2.05. The van der Waals surface area contributed by atoms with Gasteiger partial charge in [-0.25, -0.2) is 0 Å². The number of thiol groups is 1. The zero-order chi connectivity index (χ0) is 6.15. The Morgan fingerprint density at radius 2 is 2.62 bits per heavy atom. The normalized spacial score (nSPS) is 30.8. The van der Waals surface area contributed by atoms with Gasteiger partial charge in [0, 0.05) is 11.9 Å². The van der Waals surface area contributed by atoms with Gasteiger partial charge in [0.15, 0.2) is 9.82 Å². The van der Waals surface area contributed by atoms with E-state index in [0.717, 1.165) is 16.4 Å². The van der Waals surface area contributed by atoms with Gasteiger partial charge in [-0.3, -0.25) is 0 Å². The number of hydroxylamine groups is 1. The first-order valence-corrected chi connectivity index (χ1v) is 3.54. The number of nitrogens with one attached hydrogen (secondary N) is 1. The largest absolute Gasteiger partial charge is 0.343 e. The molecule has 0 aromatic rings. The second-order valence-electron chi connectivity index (χ2n) is 1.20. The second kappa shape index (κ2) is 2.40. The van der Waals surface area contributed by atoms with Gasteiger partial charge in [0.2, 0.25) is 0 Å². The zero-order valence-electron chi connectivity index (χ0n) is 3.74. The van der Waals surface area contributed by atoms with Gasteiger partial charge in [-0.15, -0.1) is 12.6 Å². The van der Waals surface area contributed by atoms with Crippen LogP contribution in [0.25, 0.3) is 0 Å². The quantitative estimate of drug-likeness (QED) is 0.278. The van der Waals surface area contributed by atoms with Gasteiger partial charge in [0.05, 0.1) is 0 Å². The Balaban J connectivity index is 2.51. The van der Waals surface area contributed by atoms with Crippen LogP contribution in [0, 0.1) is 0 Å². The molecule has 6 heteroatoms. The summed E-state index contributed by atoms with van der Waals surface area (Å²) in [4.78, 5) is 0. The molecular weight excluding hydrogens is 164 g/mol. The highest BCUT2D eigenvalue weighted by atomic mass is 32.2. The third-order valence-corrected chi connectivity index (χ3v) is 2.16. The van der Waals surface area contributed by atoms with Crippen LogP contribution < -0.4 is 5.32 Å². The van der Waals surface area contributed by atoms with E-state index in [1.54, 1.807) is 0 Å². The molecule has 1 aliphatic rings. The van der Waals surface area contributed by atoms with Crippen molar-refractivity contribution in [1.29, 1.82) is 0 Å². The Hall–Kier alpha value is 0.510. The van der Waals surface area contributed by atoms with Gasteiger partial charge in [0.1, 0.15) is 0 Å². The fourth-order valence-electron chi connectivity index (χ4n) is 0.322. The summed E-state index contributed by atoms with van der Waals surface area (Å²) < 4.78 is 1.50. The molecule has 1 unspecified atom stereocenters. The van der Waals surface area contributed by atoms with Crippen molar-refractivity contribution < 1.29 is 5.21 Å². The van der Waals surface area contributed by atoms with Crippen LogP contribution in [0.3, 0.4) is 0 Å². The first kappa shape index (κ1) is 6.63. The monoisotopic (exact) mass is 168 g/mol. The molecule has 0 aromatic heterocycles. The van der Waals surface area contributed by atoms with Gasteiger partial charge < -0.3 is 10.5 Å². The lowest BCUT2D eigenvalue weighted by molar-refractivity contribution is 0.00922. The number of thiocarbonyl (C=S) groups is 1. The topological polar surface area (TPSA) is 35.5 Å². The minimum absolute atomic E-state index is 0.354. The Kier molecular flexibility index (Phi) is 1.99. The van der Waals surface area contributed by atoms with Crippen molar-refractivity contribution in [3.05, 3.63) is 0 Å². The van der Waals surface area contributed by atoms with Crippen molar-refractivity contribution in [3.63, 3.8) is 0 Å². The molecule has 46 valence electrons. The molecule has 1 fully saturated rings. The van der Waals surface area contributed by atoms with E-state index in [0.29, 0.717) is 4.32 Å². The predicted octanol–water partition coefficient (Wildman–Crippen LogP) is 0.427. The summed E-state index contributed by atoms with van der Waals surface area (Å²) >= 11 is 9.64. The zero-order valence-corrected chi connectivity index (χ0v) is 6.26. The van der Waals surface area contributed by atoms with Crippen LogP contribution in [-0.4, -0.2) is 19.5 Å². The van der Waals surface area contributed by atoms with Crippen LogP contribution >= 0.6 is 36.8 Å². The molecule has 0 saturated carbocycles. The van der Waals surface area contributed by atoms with Crippen molar-refractivity contribution >= 4 is 41.1 Å². The molecular formula is C2H4N2OS3. The van der Waals surface area contributed by atoms with Gasteiger partial charge in [-0.1, -0.05) is 16.7 Å². The lowest BCUT2D eigenvalue weighted by atomic mass is 11.1. The fraction of sp³-hybridized carbons (Fsp3) is 0.500. The van der Waals surface area contributed by atoms with E-state index in [2.05, 4.69) is 30.2 Å². The summed E-state index contributed by atoms with van der Waals surface area (Å²) in [6.07, 6.45) is 0. The van der Waals surface area contributed by atoms with Crippen molar-refractivity contribution in [2.24, 2.45) is 0 Å². The molecule has 0 spiro atoms. The summed E-state index contributed by atoms with van der Waals surface area (Å²) in [5, 5.41) is 11.4. The van der Waals surface area contributed by atoms with E-state index in [9.17, 15) is 0 Å². The molecule has 0 amide bonds. The Morgan fingerprint density at radius 3 is 2.75 bits per heavy atom. The lowest BCUT2D eigenvalue weighted by Crippen LogP contribution is -2.26. The minimum atomic E-state index is -0.354. The molecule has 1 saturated heterocycles. The van der Waals surface area contributed by atoms with E-state index in [-0.39, 0.29) is 5.50 Å².